The number of aromatic nitrogens is 3. The molecule has 1 heterocycles. The van der Waals surface area contributed by atoms with E-state index in [1.165, 1.54) is 12.1 Å². The third kappa shape index (κ3) is 4.46. The number of urea groups is 1. The van der Waals surface area contributed by atoms with Gasteiger partial charge in [0.2, 0.25) is 0 Å². The topological polar surface area (TPSA) is 71.8 Å². The number of benzene rings is 1. The molecule has 24 heavy (non-hydrogen) atoms. The summed E-state index contributed by atoms with van der Waals surface area (Å²) in [6.07, 6.45) is -2.86. The normalized spacial score (nSPS) is 12.7. The van der Waals surface area contributed by atoms with E-state index in [1.807, 2.05) is 6.92 Å². The van der Waals surface area contributed by atoms with Gasteiger partial charge in [-0.25, -0.2) is 4.79 Å². The summed E-state index contributed by atoms with van der Waals surface area (Å²) >= 11 is 0. The Balaban J connectivity index is 1.94. The van der Waals surface area contributed by atoms with Gasteiger partial charge in [0.1, 0.15) is 6.33 Å². The van der Waals surface area contributed by atoms with Crippen LogP contribution in [0, 0.1) is 0 Å². The van der Waals surface area contributed by atoms with Crippen molar-refractivity contribution >= 4 is 6.03 Å². The molecule has 0 saturated heterocycles. The zero-order chi connectivity index (χ0) is 17.7. The van der Waals surface area contributed by atoms with Crippen LogP contribution in [0.2, 0.25) is 0 Å². The molecule has 1 atom stereocenters. The van der Waals surface area contributed by atoms with E-state index < -0.39 is 23.8 Å². The Morgan fingerprint density at radius 3 is 2.79 bits per heavy atom. The Kier molecular flexibility index (Phi) is 5.42. The summed E-state index contributed by atoms with van der Waals surface area (Å²) < 4.78 is 40.0. The molecule has 0 radical (unpaired) electrons. The highest BCUT2D eigenvalue weighted by atomic mass is 19.4. The molecule has 1 aromatic heterocycles. The summed E-state index contributed by atoms with van der Waals surface area (Å²) in [5.41, 5.74) is -0.373. The van der Waals surface area contributed by atoms with Gasteiger partial charge in [0, 0.05) is 6.54 Å². The predicted octanol–water partition coefficient (Wildman–Crippen LogP) is 2.88. The Hall–Kier alpha value is -2.58. The first-order chi connectivity index (χ1) is 11.3. The second-order valence-electron chi connectivity index (χ2n) is 5.21. The van der Waals surface area contributed by atoms with Crippen LogP contribution in [0.3, 0.4) is 0 Å². The summed E-state index contributed by atoms with van der Waals surface area (Å²) in [7, 11) is 0. The van der Waals surface area contributed by atoms with Crippen molar-refractivity contribution in [3.05, 3.63) is 47.5 Å². The zero-order valence-electron chi connectivity index (χ0n) is 13.3. The van der Waals surface area contributed by atoms with Crippen molar-refractivity contribution in [1.29, 1.82) is 0 Å². The van der Waals surface area contributed by atoms with Gasteiger partial charge in [-0.2, -0.15) is 13.2 Å². The molecule has 130 valence electrons. The van der Waals surface area contributed by atoms with E-state index in [-0.39, 0.29) is 6.54 Å². The van der Waals surface area contributed by atoms with Gasteiger partial charge >= 0.3 is 12.2 Å². The van der Waals surface area contributed by atoms with E-state index >= 15 is 0 Å². The van der Waals surface area contributed by atoms with Crippen LogP contribution < -0.4 is 10.6 Å². The van der Waals surface area contributed by atoms with Crippen LogP contribution in [0.4, 0.5) is 18.0 Å². The fourth-order valence-corrected chi connectivity index (χ4v) is 2.15. The number of nitrogens with zero attached hydrogens (tertiary/aromatic N) is 3. The SMILES string of the molecule is CCn1cnnc1CNC(=O)N[C@@H](C)c1cccc(C(F)(F)F)c1. The third-order valence-electron chi connectivity index (χ3n) is 3.51. The number of carbonyl (C=O) groups is 1. The predicted molar refractivity (Wildman–Crippen MR) is 80.9 cm³/mol. The van der Waals surface area contributed by atoms with Gasteiger partial charge in [0.05, 0.1) is 18.2 Å². The first-order valence-electron chi connectivity index (χ1n) is 7.39. The van der Waals surface area contributed by atoms with Crippen LogP contribution in [0.15, 0.2) is 30.6 Å². The van der Waals surface area contributed by atoms with Gasteiger partial charge in [-0.1, -0.05) is 12.1 Å². The number of hydrogen-bond donors (Lipinski definition) is 2. The maximum absolute atomic E-state index is 12.7. The fraction of sp³-hybridized carbons (Fsp3) is 0.400. The first kappa shape index (κ1) is 17.8. The maximum Gasteiger partial charge on any atom is 0.416 e. The van der Waals surface area contributed by atoms with Crippen LogP contribution in [0.1, 0.15) is 36.8 Å². The van der Waals surface area contributed by atoms with E-state index in [9.17, 15) is 18.0 Å². The van der Waals surface area contributed by atoms with Crippen LogP contribution in [0.5, 0.6) is 0 Å². The highest BCUT2D eigenvalue weighted by molar-refractivity contribution is 5.74. The number of nitrogens with one attached hydrogen (secondary N) is 2. The van der Waals surface area contributed by atoms with Gasteiger partial charge in [0.15, 0.2) is 5.82 Å². The van der Waals surface area contributed by atoms with Crippen molar-refractivity contribution in [2.45, 2.75) is 39.2 Å². The number of halogens is 3. The largest absolute Gasteiger partial charge is 0.416 e. The van der Waals surface area contributed by atoms with Gasteiger partial charge in [-0.05, 0) is 31.5 Å². The molecule has 2 N–H and O–H groups in total. The van der Waals surface area contributed by atoms with E-state index in [0.29, 0.717) is 17.9 Å². The molecule has 0 fully saturated rings. The highest BCUT2D eigenvalue weighted by Gasteiger charge is 2.30. The molecular weight excluding hydrogens is 323 g/mol. The highest BCUT2D eigenvalue weighted by Crippen LogP contribution is 2.30. The molecular formula is C15H18F3N5O. The lowest BCUT2D eigenvalue weighted by molar-refractivity contribution is -0.137. The molecule has 0 aliphatic carbocycles. The van der Waals surface area contributed by atoms with E-state index in [4.69, 9.17) is 0 Å². The van der Waals surface area contributed by atoms with Crippen LogP contribution in [-0.2, 0) is 19.3 Å². The molecule has 2 aromatic rings. The molecule has 2 rings (SSSR count). The number of aryl methyl sites for hydroxylation is 1. The van der Waals surface area contributed by atoms with Crippen LogP contribution in [-0.4, -0.2) is 20.8 Å². The summed E-state index contributed by atoms with van der Waals surface area (Å²) in [4.78, 5) is 11.9. The van der Waals surface area contributed by atoms with Gasteiger partial charge < -0.3 is 15.2 Å². The zero-order valence-corrected chi connectivity index (χ0v) is 13.3. The Bertz CT molecular complexity index is 698. The molecule has 2 amide bonds. The van der Waals surface area contributed by atoms with Gasteiger partial charge in [-0.3, -0.25) is 0 Å². The molecule has 0 unspecified atom stereocenters. The Morgan fingerprint density at radius 2 is 2.12 bits per heavy atom. The lowest BCUT2D eigenvalue weighted by Crippen LogP contribution is -2.37. The van der Waals surface area contributed by atoms with E-state index in [2.05, 4.69) is 20.8 Å². The van der Waals surface area contributed by atoms with E-state index in [1.54, 1.807) is 17.8 Å². The molecule has 0 saturated carbocycles. The first-order valence-corrected chi connectivity index (χ1v) is 7.39. The quantitative estimate of drug-likeness (QED) is 0.878. The van der Waals surface area contributed by atoms with Crippen molar-refractivity contribution in [3.8, 4) is 0 Å². The van der Waals surface area contributed by atoms with Crippen molar-refractivity contribution in [2.24, 2.45) is 0 Å². The van der Waals surface area contributed by atoms with E-state index in [0.717, 1.165) is 12.1 Å². The lowest BCUT2D eigenvalue weighted by Gasteiger charge is -2.16. The summed E-state index contributed by atoms with van der Waals surface area (Å²) in [5, 5.41) is 12.8. The number of amides is 2. The second kappa shape index (κ2) is 7.33. The summed E-state index contributed by atoms with van der Waals surface area (Å²) in [5.74, 6) is 0.597. The Morgan fingerprint density at radius 1 is 1.38 bits per heavy atom. The smallest absolute Gasteiger partial charge is 0.332 e. The average molecular weight is 341 g/mol. The number of alkyl halides is 3. The lowest BCUT2D eigenvalue weighted by atomic mass is 10.1. The van der Waals surface area contributed by atoms with Crippen LogP contribution in [0.25, 0.3) is 0 Å². The van der Waals surface area contributed by atoms with Crippen molar-refractivity contribution in [2.75, 3.05) is 0 Å². The van der Waals surface area contributed by atoms with Crippen molar-refractivity contribution in [3.63, 3.8) is 0 Å². The third-order valence-corrected chi connectivity index (χ3v) is 3.51. The fourth-order valence-electron chi connectivity index (χ4n) is 2.15. The van der Waals surface area contributed by atoms with Crippen LogP contribution >= 0.6 is 0 Å². The molecule has 0 bridgehead atoms. The summed E-state index contributed by atoms with van der Waals surface area (Å²) in [6, 6.07) is 3.81. The Labute approximate surface area is 137 Å². The standard InChI is InChI=1S/C15H18F3N5O/c1-3-23-9-20-22-13(23)8-19-14(24)21-10(2)11-5-4-6-12(7-11)15(16,17)18/h4-7,9-10H,3,8H2,1-2H3,(H2,19,21,24)/t10-/m0/s1. The number of hydrogen-bond acceptors (Lipinski definition) is 3. The van der Waals surface area contributed by atoms with Crippen molar-refractivity contribution in [1.82, 2.24) is 25.4 Å². The number of rotatable bonds is 5. The molecule has 0 aliphatic heterocycles. The van der Waals surface area contributed by atoms with Gasteiger partial charge in [-0.15, -0.1) is 10.2 Å². The summed E-state index contributed by atoms with van der Waals surface area (Å²) in [6.45, 7) is 4.38. The second-order valence-corrected chi connectivity index (χ2v) is 5.21. The number of carbonyl (C=O) groups excluding carboxylic acids is 1. The molecule has 1 aromatic carbocycles. The molecule has 0 aliphatic rings. The molecule has 0 spiro atoms. The molecule has 6 nitrogen and oxygen atoms in total. The van der Waals surface area contributed by atoms with Gasteiger partial charge in [0.25, 0.3) is 0 Å². The maximum atomic E-state index is 12.7. The minimum absolute atomic E-state index is 0.176. The monoisotopic (exact) mass is 341 g/mol. The minimum Gasteiger partial charge on any atom is -0.332 e. The molecule has 9 heteroatoms. The van der Waals surface area contributed by atoms with Crippen molar-refractivity contribution < 1.29 is 18.0 Å². The average Bonchev–Trinajstić information content (AvgIpc) is 2.99. The minimum atomic E-state index is -4.41.